The van der Waals surface area contributed by atoms with Crippen molar-refractivity contribution in [3.63, 3.8) is 0 Å². The van der Waals surface area contributed by atoms with E-state index in [4.69, 9.17) is 9.47 Å². The standard InChI is InChI=1S/C22H19N5O4S/c1-13-19(15-5-3-2-4-6-15)20-24-21(25-22(29)27(20)26-13)32-11-18(28)23-10-14-7-8-16-17(9-14)31-12-30-16/h2-9H,10-12H2,1H3,(H,23,28)(H,24,25,29). The summed E-state index contributed by atoms with van der Waals surface area (Å²) in [6, 6.07) is 15.2. The third kappa shape index (κ3) is 3.92. The van der Waals surface area contributed by atoms with Crippen LogP contribution in [-0.2, 0) is 11.3 Å². The van der Waals surface area contributed by atoms with Crippen LogP contribution in [0.1, 0.15) is 11.3 Å². The van der Waals surface area contributed by atoms with E-state index in [9.17, 15) is 9.59 Å². The van der Waals surface area contributed by atoms with Crippen LogP contribution in [0.15, 0.2) is 58.5 Å². The van der Waals surface area contributed by atoms with Crippen LogP contribution in [0.4, 0.5) is 0 Å². The first-order valence-electron chi connectivity index (χ1n) is 9.91. The second-order valence-electron chi connectivity index (χ2n) is 7.16. The number of aryl methyl sites for hydroxylation is 1. The summed E-state index contributed by atoms with van der Waals surface area (Å²) in [6.45, 7) is 2.41. The lowest BCUT2D eigenvalue weighted by atomic mass is 10.1. The van der Waals surface area contributed by atoms with Crippen molar-refractivity contribution in [2.45, 2.75) is 18.6 Å². The number of aromatic amines is 1. The molecule has 1 amide bonds. The number of carbonyl (C=O) groups is 1. The van der Waals surface area contributed by atoms with E-state index in [0.29, 0.717) is 34.5 Å². The summed E-state index contributed by atoms with van der Waals surface area (Å²) in [4.78, 5) is 32.1. The van der Waals surface area contributed by atoms with Crippen molar-refractivity contribution in [3.05, 3.63) is 70.3 Å². The van der Waals surface area contributed by atoms with E-state index in [1.54, 1.807) is 0 Å². The molecule has 0 saturated heterocycles. The van der Waals surface area contributed by atoms with Crippen molar-refractivity contribution in [3.8, 4) is 22.6 Å². The summed E-state index contributed by atoms with van der Waals surface area (Å²) in [6.07, 6.45) is 0. The van der Waals surface area contributed by atoms with Crippen LogP contribution >= 0.6 is 11.8 Å². The molecule has 162 valence electrons. The molecular weight excluding hydrogens is 430 g/mol. The highest BCUT2D eigenvalue weighted by Gasteiger charge is 2.17. The maximum absolute atomic E-state index is 12.5. The van der Waals surface area contributed by atoms with Gasteiger partial charge < -0.3 is 14.8 Å². The van der Waals surface area contributed by atoms with E-state index in [-0.39, 0.29) is 18.5 Å². The van der Waals surface area contributed by atoms with Gasteiger partial charge in [0.15, 0.2) is 22.3 Å². The third-order valence-corrected chi connectivity index (χ3v) is 5.85. The molecule has 2 N–H and O–H groups in total. The number of thioether (sulfide) groups is 1. The second-order valence-corrected chi connectivity index (χ2v) is 8.13. The van der Waals surface area contributed by atoms with E-state index < -0.39 is 5.69 Å². The molecule has 10 heteroatoms. The SMILES string of the molecule is Cc1nn2c(=O)[nH]c(SCC(=O)NCc3ccc4c(c3)OCO4)nc2c1-c1ccccc1. The van der Waals surface area contributed by atoms with Gasteiger partial charge in [0, 0.05) is 12.1 Å². The van der Waals surface area contributed by atoms with Crippen molar-refractivity contribution < 1.29 is 14.3 Å². The Balaban J connectivity index is 1.29. The summed E-state index contributed by atoms with van der Waals surface area (Å²) < 4.78 is 11.9. The minimum atomic E-state index is -0.399. The number of ether oxygens (including phenoxy) is 2. The molecule has 0 aliphatic carbocycles. The molecule has 32 heavy (non-hydrogen) atoms. The zero-order valence-corrected chi connectivity index (χ0v) is 17.9. The molecule has 1 aliphatic heterocycles. The fraction of sp³-hybridized carbons (Fsp3) is 0.182. The number of nitrogens with zero attached hydrogens (tertiary/aromatic N) is 3. The van der Waals surface area contributed by atoms with Crippen molar-refractivity contribution in [2.24, 2.45) is 0 Å². The van der Waals surface area contributed by atoms with Crippen LogP contribution in [0.5, 0.6) is 11.5 Å². The smallest absolute Gasteiger partial charge is 0.350 e. The highest BCUT2D eigenvalue weighted by molar-refractivity contribution is 7.99. The molecule has 0 atom stereocenters. The number of hydrogen-bond acceptors (Lipinski definition) is 7. The Morgan fingerprint density at radius 1 is 1.19 bits per heavy atom. The summed E-state index contributed by atoms with van der Waals surface area (Å²) in [5.41, 5.74) is 3.39. The molecule has 2 aromatic carbocycles. The molecule has 9 nitrogen and oxygen atoms in total. The van der Waals surface area contributed by atoms with Gasteiger partial charge in [-0.25, -0.2) is 9.78 Å². The monoisotopic (exact) mass is 449 g/mol. The van der Waals surface area contributed by atoms with E-state index in [2.05, 4.69) is 20.4 Å². The Kier molecular flexibility index (Phi) is 5.28. The first kappa shape index (κ1) is 20.1. The van der Waals surface area contributed by atoms with Gasteiger partial charge in [-0.15, -0.1) is 0 Å². The fourth-order valence-corrected chi connectivity index (χ4v) is 4.16. The van der Waals surface area contributed by atoms with E-state index in [1.807, 2.05) is 55.5 Å². The van der Waals surface area contributed by atoms with Gasteiger partial charge in [-0.1, -0.05) is 48.2 Å². The maximum atomic E-state index is 12.5. The van der Waals surface area contributed by atoms with E-state index in [1.165, 1.54) is 4.52 Å². The number of benzene rings is 2. The van der Waals surface area contributed by atoms with E-state index >= 15 is 0 Å². The lowest BCUT2D eigenvalue weighted by Gasteiger charge is -2.06. The van der Waals surface area contributed by atoms with Gasteiger partial charge in [0.2, 0.25) is 12.7 Å². The first-order chi connectivity index (χ1) is 15.6. The molecular formula is C22H19N5O4S. The van der Waals surface area contributed by atoms with Gasteiger partial charge in [0.05, 0.1) is 11.4 Å². The summed E-state index contributed by atoms with van der Waals surface area (Å²) in [7, 11) is 0. The van der Waals surface area contributed by atoms with Crippen molar-refractivity contribution in [2.75, 3.05) is 12.5 Å². The lowest BCUT2D eigenvalue weighted by Crippen LogP contribution is -2.25. The number of amides is 1. The average molecular weight is 449 g/mol. The third-order valence-electron chi connectivity index (χ3n) is 4.98. The fourth-order valence-electron chi connectivity index (χ4n) is 3.48. The van der Waals surface area contributed by atoms with Crippen LogP contribution in [0.25, 0.3) is 16.8 Å². The zero-order valence-electron chi connectivity index (χ0n) is 17.1. The van der Waals surface area contributed by atoms with Gasteiger partial charge in [0.1, 0.15) is 0 Å². The quantitative estimate of drug-likeness (QED) is 0.435. The van der Waals surface area contributed by atoms with Crippen LogP contribution in [0.2, 0.25) is 0 Å². The molecule has 0 unspecified atom stereocenters. The van der Waals surface area contributed by atoms with Crippen molar-refractivity contribution in [1.82, 2.24) is 24.9 Å². The first-order valence-corrected chi connectivity index (χ1v) is 10.9. The molecule has 5 rings (SSSR count). The molecule has 0 bridgehead atoms. The Bertz CT molecular complexity index is 1370. The Hall–Kier alpha value is -3.79. The second kappa shape index (κ2) is 8.39. The number of carbonyl (C=O) groups excluding carboxylic acids is 1. The number of aromatic nitrogens is 4. The van der Waals surface area contributed by atoms with Crippen molar-refractivity contribution >= 4 is 23.3 Å². The minimum Gasteiger partial charge on any atom is -0.454 e. The number of H-pyrrole nitrogens is 1. The number of fused-ring (bicyclic) bond motifs is 2. The molecule has 3 heterocycles. The lowest BCUT2D eigenvalue weighted by molar-refractivity contribution is -0.118. The molecule has 0 radical (unpaired) electrons. The van der Waals surface area contributed by atoms with Crippen molar-refractivity contribution in [1.29, 1.82) is 0 Å². The number of rotatable bonds is 6. The Morgan fingerprint density at radius 3 is 2.84 bits per heavy atom. The molecule has 0 saturated carbocycles. The van der Waals surface area contributed by atoms with Gasteiger partial charge in [0.25, 0.3) is 0 Å². The molecule has 0 spiro atoms. The Labute approximate surface area is 186 Å². The van der Waals surface area contributed by atoms with Gasteiger partial charge in [-0.3, -0.25) is 9.78 Å². The average Bonchev–Trinajstić information content (AvgIpc) is 3.40. The van der Waals surface area contributed by atoms with Crippen LogP contribution in [-0.4, -0.2) is 38.0 Å². The summed E-state index contributed by atoms with van der Waals surface area (Å²) >= 11 is 1.16. The summed E-state index contributed by atoms with van der Waals surface area (Å²) in [5, 5.41) is 7.53. The van der Waals surface area contributed by atoms with Crippen LogP contribution in [0.3, 0.4) is 0 Å². The van der Waals surface area contributed by atoms with Gasteiger partial charge in [-0.05, 0) is 30.2 Å². The molecule has 2 aromatic heterocycles. The molecule has 4 aromatic rings. The topological polar surface area (TPSA) is 111 Å². The summed E-state index contributed by atoms with van der Waals surface area (Å²) in [5.74, 6) is 1.30. The normalized spacial score (nSPS) is 12.3. The molecule has 0 fully saturated rings. The van der Waals surface area contributed by atoms with Crippen LogP contribution in [0, 0.1) is 6.92 Å². The van der Waals surface area contributed by atoms with Crippen LogP contribution < -0.4 is 20.5 Å². The zero-order chi connectivity index (χ0) is 22.1. The number of nitrogens with one attached hydrogen (secondary N) is 2. The highest BCUT2D eigenvalue weighted by Crippen LogP contribution is 2.32. The predicted molar refractivity (Wildman–Crippen MR) is 119 cm³/mol. The minimum absolute atomic E-state index is 0.109. The Morgan fingerprint density at radius 2 is 2.00 bits per heavy atom. The highest BCUT2D eigenvalue weighted by atomic mass is 32.2. The van der Waals surface area contributed by atoms with E-state index in [0.717, 1.165) is 28.5 Å². The molecule has 1 aliphatic rings. The largest absolute Gasteiger partial charge is 0.454 e. The maximum Gasteiger partial charge on any atom is 0.350 e. The predicted octanol–water partition coefficient (Wildman–Crippen LogP) is 2.53. The van der Waals surface area contributed by atoms with Gasteiger partial charge in [-0.2, -0.15) is 9.61 Å². The number of hydrogen-bond donors (Lipinski definition) is 2. The van der Waals surface area contributed by atoms with Gasteiger partial charge >= 0.3 is 5.69 Å².